The highest BCUT2D eigenvalue weighted by molar-refractivity contribution is 7.18. The molecule has 1 N–H and O–H groups in total. The molecular formula is C23H28ClN3O2S. The standard InChI is InChI=1S/C23H28ClN3O2S/c1-15(2)29-12-10-25-17-7-8-18-20(13-17)30-22-21(18)23(28)27(14-26-22)11-9-16-5-3-4-6-19(16)24/h3-6,14-15,17,25H,7-13H2,1-2H3/t17-/m1/s1. The first-order valence-electron chi connectivity index (χ1n) is 10.6. The molecule has 0 amide bonds. The molecule has 0 saturated heterocycles. The third-order valence-corrected chi connectivity index (χ3v) is 7.13. The average molecular weight is 446 g/mol. The van der Waals surface area contributed by atoms with Gasteiger partial charge in [0, 0.05) is 29.0 Å². The first-order chi connectivity index (χ1) is 14.5. The number of hydrogen-bond acceptors (Lipinski definition) is 5. The van der Waals surface area contributed by atoms with Crippen LogP contribution in [0.4, 0.5) is 0 Å². The van der Waals surface area contributed by atoms with Crippen LogP contribution in [-0.2, 0) is 30.5 Å². The Morgan fingerprint density at radius 1 is 1.37 bits per heavy atom. The van der Waals surface area contributed by atoms with E-state index in [0.29, 0.717) is 19.0 Å². The summed E-state index contributed by atoms with van der Waals surface area (Å²) in [4.78, 5) is 20.0. The molecule has 30 heavy (non-hydrogen) atoms. The van der Waals surface area contributed by atoms with Gasteiger partial charge in [0.1, 0.15) is 4.83 Å². The molecule has 1 atom stereocenters. The van der Waals surface area contributed by atoms with Gasteiger partial charge in [-0.3, -0.25) is 9.36 Å². The molecule has 5 nitrogen and oxygen atoms in total. The zero-order valence-electron chi connectivity index (χ0n) is 17.5. The molecule has 4 rings (SSSR count). The van der Waals surface area contributed by atoms with Crippen molar-refractivity contribution in [3.8, 4) is 0 Å². The van der Waals surface area contributed by atoms with Gasteiger partial charge in [-0.25, -0.2) is 4.98 Å². The van der Waals surface area contributed by atoms with E-state index in [0.717, 1.165) is 53.2 Å². The first kappa shape index (κ1) is 21.5. The summed E-state index contributed by atoms with van der Waals surface area (Å²) in [6, 6.07) is 8.22. The maximum Gasteiger partial charge on any atom is 0.262 e. The van der Waals surface area contributed by atoms with Gasteiger partial charge in [-0.05, 0) is 56.7 Å². The van der Waals surface area contributed by atoms with Crippen LogP contribution in [-0.4, -0.2) is 34.8 Å². The Balaban J connectivity index is 1.47. The van der Waals surface area contributed by atoms with Gasteiger partial charge in [-0.1, -0.05) is 29.8 Å². The maximum absolute atomic E-state index is 13.2. The van der Waals surface area contributed by atoms with Crippen LogP contribution in [0.1, 0.15) is 36.3 Å². The molecule has 1 aliphatic carbocycles. The van der Waals surface area contributed by atoms with Crippen molar-refractivity contribution in [2.45, 2.75) is 58.2 Å². The van der Waals surface area contributed by atoms with Crippen LogP contribution < -0.4 is 10.9 Å². The molecule has 0 aliphatic heterocycles. The fourth-order valence-corrected chi connectivity index (χ4v) is 5.52. The lowest BCUT2D eigenvalue weighted by molar-refractivity contribution is 0.0791. The normalized spacial score (nSPS) is 16.3. The minimum atomic E-state index is 0.0706. The van der Waals surface area contributed by atoms with Crippen LogP contribution in [0.15, 0.2) is 35.4 Å². The second-order valence-corrected chi connectivity index (χ2v) is 9.57. The lowest BCUT2D eigenvalue weighted by Crippen LogP contribution is -2.36. The van der Waals surface area contributed by atoms with Gasteiger partial charge in [0.2, 0.25) is 0 Å². The molecule has 2 heterocycles. The van der Waals surface area contributed by atoms with E-state index in [2.05, 4.69) is 24.1 Å². The smallest absolute Gasteiger partial charge is 0.262 e. The van der Waals surface area contributed by atoms with Crippen molar-refractivity contribution in [1.82, 2.24) is 14.9 Å². The largest absolute Gasteiger partial charge is 0.377 e. The molecule has 2 aromatic heterocycles. The molecule has 1 aromatic carbocycles. The zero-order chi connectivity index (χ0) is 21.1. The van der Waals surface area contributed by atoms with Crippen molar-refractivity contribution < 1.29 is 4.74 Å². The number of rotatable bonds is 8. The molecule has 3 aromatic rings. The van der Waals surface area contributed by atoms with E-state index in [9.17, 15) is 4.79 Å². The predicted molar refractivity (Wildman–Crippen MR) is 124 cm³/mol. The number of benzene rings is 1. The van der Waals surface area contributed by atoms with E-state index in [1.165, 1.54) is 10.4 Å². The molecular weight excluding hydrogens is 418 g/mol. The van der Waals surface area contributed by atoms with Gasteiger partial charge in [0.05, 0.1) is 24.4 Å². The number of aryl methyl sites for hydroxylation is 3. The van der Waals surface area contributed by atoms with E-state index < -0.39 is 0 Å². The minimum absolute atomic E-state index is 0.0706. The Morgan fingerprint density at radius 3 is 3.00 bits per heavy atom. The highest BCUT2D eigenvalue weighted by atomic mass is 35.5. The van der Waals surface area contributed by atoms with Crippen LogP contribution in [0.2, 0.25) is 5.02 Å². The highest BCUT2D eigenvalue weighted by Crippen LogP contribution is 2.33. The monoisotopic (exact) mass is 445 g/mol. The summed E-state index contributed by atoms with van der Waals surface area (Å²) < 4.78 is 7.35. The minimum Gasteiger partial charge on any atom is -0.377 e. The second kappa shape index (κ2) is 9.60. The summed E-state index contributed by atoms with van der Waals surface area (Å²) in [5.74, 6) is 0. The number of aromatic nitrogens is 2. The van der Waals surface area contributed by atoms with Crippen molar-refractivity contribution >= 4 is 33.2 Å². The fourth-order valence-electron chi connectivity index (χ4n) is 4.03. The second-order valence-electron chi connectivity index (χ2n) is 8.08. The van der Waals surface area contributed by atoms with Crippen molar-refractivity contribution in [3.63, 3.8) is 0 Å². The van der Waals surface area contributed by atoms with Crippen molar-refractivity contribution in [2.75, 3.05) is 13.2 Å². The first-order valence-corrected chi connectivity index (χ1v) is 11.8. The number of nitrogens with one attached hydrogen (secondary N) is 1. The summed E-state index contributed by atoms with van der Waals surface area (Å²) in [5, 5.41) is 5.16. The van der Waals surface area contributed by atoms with Gasteiger partial charge in [-0.15, -0.1) is 11.3 Å². The van der Waals surface area contributed by atoms with E-state index >= 15 is 0 Å². The Labute approximate surface area is 186 Å². The van der Waals surface area contributed by atoms with Crippen LogP contribution in [0.3, 0.4) is 0 Å². The number of ether oxygens (including phenoxy) is 1. The molecule has 0 saturated carbocycles. The number of fused-ring (bicyclic) bond motifs is 3. The topological polar surface area (TPSA) is 56.1 Å². The van der Waals surface area contributed by atoms with E-state index in [1.807, 2.05) is 24.3 Å². The molecule has 1 aliphatic rings. The van der Waals surface area contributed by atoms with Gasteiger partial charge in [0.15, 0.2) is 0 Å². The Morgan fingerprint density at radius 2 is 2.20 bits per heavy atom. The summed E-state index contributed by atoms with van der Waals surface area (Å²) in [6.07, 6.45) is 5.57. The van der Waals surface area contributed by atoms with E-state index in [1.54, 1.807) is 22.2 Å². The lowest BCUT2D eigenvalue weighted by Gasteiger charge is -2.23. The van der Waals surface area contributed by atoms with Crippen molar-refractivity contribution in [1.29, 1.82) is 0 Å². The van der Waals surface area contributed by atoms with Gasteiger partial charge < -0.3 is 10.1 Å². The van der Waals surface area contributed by atoms with Crippen LogP contribution in [0.25, 0.3) is 10.2 Å². The Hall–Kier alpha value is -1.73. The number of hydrogen-bond donors (Lipinski definition) is 1. The molecule has 7 heteroatoms. The van der Waals surface area contributed by atoms with Gasteiger partial charge in [-0.2, -0.15) is 0 Å². The third-order valence-electron chi connectivity index (χ3n) is 5.60. The van der Waals surface area contributed by atoms with Crippen molar-refractivity contribution in [2.24, 2.45) is 0 Å². The highest BCUT2D eigenvalue weighted by Gasteiger charge is 2.25. The lowest BCUT2D eigenvalue weighted by atomic mass is 9.93. The quantitative estimate of drug-likeness (QED) is 0.527. The molecule has 0 bridgehead atoms. The van der Waals surface area contributed by atoms with Crippen LogP contribution >= 0.6 is 22.9 Å². The Kier molecular flexibility index (Phi) is 6.88. The number of thiophene rings is 1. The molecule has 0 unspecified atom stereocenters. The van der Waals surface area contributed by atoms with Gasteiger partial charge >= 0.3 is 0 Å². The predicted octanol–water partition coefficient (Wildman–Crippen LogP) is 4.23. The zero-order valence-corrected chi connectivity index (χ0v) is 19.1. The molecule has 0 radical (unpaired) electrons. The number of nitrogens with zero attached hydrogens (tertiary/aromatic N) is 2. The average Bonchev–Trinajstić information content (AvgIpc) is 3.10. The maximum atomic E-state index is 13.2. The Bertz CT molecular complexity index is 1080. The molecule has 160 valence electrons. The SMILES string of the molecule is CC(C)OCCN[C@@H]1CCc2c(sc3ncn(CCc4ccccc4Cl)c(=O)c23)C1. The summed E-state index contributed by atoms with van der Waals surface area (Å²) in [6.45, 7) is 6.27. The van der Waals surface area contributed by atoms with E-state index in [4.69, 9.17) is 16.3 Å². The molecule has 0 spiro atoms. The fraction of sp³-hybridized carbons (Fsp3) is 0.478. The third kappa shape index (κ3) is 4.78. The van der Waals surface area contributed by atoms with E-state index in [-0.39, 0.29) is 11.7 Å². The van der Waals surface area contributed by atoms with Gasteiger partial charge in [0.25, 0.3) is 5.56 Å². The van der Waals surface area contributed by atoms with Crippen LogP contribution in [0, 0.1) is 0 Å². The number of halogens is 1. The summed E-state index contributed by atoms with van der Waals surface area (Å²) >= 11 is 7.93. The molecule has 0 fully saturated rings. The summed E-state index contributed by atoms with van der Waals surface area (Å²) in [5.41, 5.74) is 2.33. The van der Waals surface area contributed by atoms with Crippen LogP contribution in [0.5, 0.6) is 0 Å². The van der Waals surface area contributed by atoms with Crippen molar-refractivity contribution in [3.05, 3.63) is 62.0 Å². The summed E-state index contributed by atoms with van der Waals surface area (Å²) in [7, 11) is 0.